The van der Waals surface area contributed by atoms with Crippen LogP contribution in [-0.2, 0) is 4.74 Å². The summed E-state index contributed by atoms with van der Waals surface area (Å²) >= 11 is 0. The molecular formula is C14H20N2O3. The predicted molar refractivity (Wildman–Crippen MR) is 73.5 cm³/mol. The van der Waals surface area contributed by atoms with Crippen molar-refractivity contribution in [2.45, 2.75) is 12.5 Å². The molecule has 2 N–H and O–H groups in total. The second-order valence-corrected chi connectivity index (χ2v) is 4.63. The monoisotopic (exact) mass is 264 g/mol. The van der Waals surface area contributed by atoms with Gasteiger partial charge in [-0.05, 0) is 31.2 Å². The number of carbonyl (C=O) groups excluding carboxylic acids is 1. The number of methoxy groups -OCH3 is 1. The first-order chi connectivity index (χ1) is 9.26. The van der Waals surface area contributed by atoms with Gasteiger partial charge in [-0.3, -0.25) is 0 Å². The number of aliphatic hydroxyl groups excluding tert-OH is 1. The lowest BCUT2D eigenvalue weighted by Crippen LogP contribution is -2.42. The van der Waals surface area contributed by atoms with Gasteiger partial charge in [-0.25, -0.2) is 4.79 Å². The van der Waals surface area contributed by atoms with Gasteiger partial charge in [0.1, 0.15) is 0 Å². The van der Waals surface area contributed by atoms with Gasteiger partial charge in [-0.2, -0.15) is 0 Å². The van der Waals surface area contributed by atoms with E-state index in [4.69, 9.17) is 4.74 Å². The van der Waals surface area contributed by atoms with E-state index in [1.165, 1.54) is 7.11 Å². The van der Waals surface area contributed by atoms with Gasteiger partial charge in [0.2, 0.25) is 0 Å². The number of rotatable bonds is 3. The quantitative estimate of drug-likeness (QED) is 0.784. The van der Waals surface area contributed by atoms with Crippen LogP contribution >= 0.6 is 0 Å². The molecule has 0 amide bonds. The van der Waals surface area contributed by atoms with Gasteiger partial charge in [-0.1, -0.05) is 6.07 Å². The van der Waals surface area contributed by atoms with Crippen LogP contribution in [0.15, 0.2) is 24.3 Å². The largest absolute Gasteiger partial charge is 0.465 e. The van der Waals surface area contributed by atoms with Crippen LogP contribution in [0.5, 0.6) is 0 Å². The molecule has 5 heteroatoms. The van der Waals surface area contributed by atoms with E-state index in [0.29, 0.717) is 5.56 Å². The zero-order valence-electron chi connectivity index (χ0n) is 11.1. The molecule has 19 heavy (non-hydrogen) atoms. The lowest BCUT2D eigenvalue weighted by Gasteiger charge is -2.30. The molecule has 1 unspecified atom stereocenters. The molecule has 0 radical (unpaired) electrons. The molecule has 0 saturated carbocycles. The molecule has 104 valence electrons. The van der Waals surface area contributed by atoms with E-state index in [1.807, 2.05) is 18.2 Å². The summed E-state index contributed by atoms with van der Waals surface area (Å²) in [5.74, 6) is -0.338. The number of esters is 1. The fraction of sp³-hybridized carbons (Fsp3) is 0.500. The molecule has 1 saturated heterocycles. The second kappa shape index (κ2) is 6.54. The van der Waals surface area contributed by atoms with Gasteiger partial charge in [-0.15, -0.1) is 0 Å². The summed E-state index contributed by atoms with van der Waals surface area (Å²) in [6, 6.07) is 7.39. The molecule has 1 aromatic rings. The topological polar surface area (TPSA) is 61.8 Å². The minimum absolute atomic E-state index is 0.0374. The third-order valence-electron chi connectivity index (χ3n) is 3.38. The Morgan fingerprint density at radius 1 is 1.58 bits per heavy atom. The smallest absolute Gasteiger partial charge is 0.337 e. The van der Waals surface area contributed by atoms with Crippen LogP contribution in [-0.4, -0.2) is 50.5 Å². The number of aliphatic hydroxyl groups is 1. The lowest BCUT2D eigenvalue weighted by molar-refractivity contribution is 0.0601. The van der Waals surface area contributed by atoms with Crippen molar-refractivity contribution in [2.24, 2.45) is 0 Å². The van der Waals surface area contributed by atoms with Gasteiger partial charge >= 0.3 is 5.97 Å². The minimum atomic E-state index is -0.338. The van der Waals surface area contributed by atoms with Crippen molar-refractivity contribution < 1.29 is 14.6 Å². The van der Waals surface area contributed by atoms with Gasteiger partial charge < -0.3 is 20.1 Å². The van der Waals surface area contributed by atoms with Crippen molar-refractivity contribution in [2.75, 3.05) is 38.3 Å². The van der Waals surface area contributed by atoms with Crippen LogP contribution in [0.3, 0.4) is 0 Å². The van der Waals surface area contributed by atoms with Gasteiger partial charge in [0.25, 0.3) is 0 Å². The van der Waals surface area contributed by atoms with E-state index >= 15 is 0 Å². The van der Waals surface area contributed by atoms with Crippen LogP contribution < -0.4 is 10.2 Å². The summed E-state index contributed by atoms with van der Waals surface area (Å²) in [5.41, 5.74) is 1.49. The third kappa shape index (κ3) is 3.24. The number of carbonyl (C=O) groups is 1. The predicted octanol–water partition coefficient (Wildman–Crippen LogP) is 0.634. The maximum atomic E-state index is 11.6. The number of hydrogen-bond donors (Lipinski definition) is 2. The molecule has 1 aromatic carbocycles. The highest BCUT2D eigenvalue weighted by Gasteiger charge is 2.21. The van der Waals surface area contributed by atoms with Crippen molar-refractivity contribution in [3.8, 4) is 0 Å². The number of anilines is 1. The zero-order valence-corrected chi connectivity index (χ0v) is 11.1. The molecule has 0 aromatic heterocycles. The molecule has 0 bridgehead atoms. The summed E-state index contributed by atoms with van der Waals surface area (Å²) in [6.07, 6.45) is 1.01. The minimum Gasteiger partial charge on any atom is -0.465 e. The van der Waals surface area contributed by atoms with Crippen molar-refractivity contribution in [1.82, 2.24) is 5.32 Å². The van der Waals surface area contributed by atoms with Crippen LogP contribution in [0.2, 0.25) is 0 Å². The van der Waals surface area contributed by atoms with E-state index in [-0.39, 0.29) is 18.6 Å². The van der Waals surface area contributed by atoms with Crippen LogP contribution in [0.1, 0.15) is 16.8 Å². The Labute approximate surface area is 113 Å². The highest BCUT2D eigenvalue weighted by atomic mass is 16.5. The summed E-state index contributed by atoms with van der Waals surface area (Å²) in [7, 11) is 1.38. The summed E-state index contributed by atoms with van der Waals surface area (Å²) in [5, 5.41) is 12.8. The van der Waals surface area contributed by atoms with Crippen molar-refractivity contribution >= 4 is 11.7 Å². The van der Waals surface area contributed by atoms with E-state index in [1.54, 1.807) is 6.07 Å². The molecular weight excluding hydrogens is 244 g/mol. The Morgan fingerprint density at radius 2 is 2.42 bits per heavy atom. The number of ether oxygens (including phenoxy) is 1. The maximum absolute atomic E-state index is 11.6. The Bertz CT molecular complexity index is 436. The van der Waals surface area contributed by atoms with Crippen molar-refractivity contribution in [1.29, 1.82) is 0 Å². The molecule has 1 aliphatic heterocycles. The van der Waals surface area contributed by atoms with Gasteiger partial charge in [0.05, 0.1) is 25.3 Å². The van der Waals surface area contributed by atoms with Crippen molar-refractivity contribution in [3.63, 3.8) is 0 Å². The summed E-state index contributed by atoms with van der Waals surface area (Å²) < 4.78 is 4.74. The zero-order chi connectivity index (χ0) is 13.7. The number of nitrogens with zero attached hydrogens (tertiary/aromatic N) is 1. The maximum Gasteiger partial charge on any atom is 0.337 e. The van der Waals surface area contributed by atoms with Gasteiger partial charge in [0.15, 0.2) is 0 Å². The standard InChI is InChI=1S/C14H20N2O3/c1-19-14(18)11-4-2-5-12(8-11)16-7-3-6-15-9-13(16)10-17/h2,4-5,8,13,15,17H,3,6-7,9-10H2,1H3. The fourth-order valence-electron chi connectivity index (χ4n) is 2.37. The van der Waals surface area contributed by atoms with Gasteiger partial charge in [0, 0.05) is 18.8 Å². The highest BCUT2D eigenvalue weighted by molar-refractivity contribution is 5.90. The first-order valence-corrected chi connectivity index (χ1v) is 6.53. The van der Waals surface area contributed by atoms with Crippen molar-refractivity contribution in [3.05, 3.63) is 29.8 Å². The molecule has 1 heterocycles. The summed E-state index contributed by atoms with van der Waals surface area (Å²) in [4.78, 5) is 13.7. The first-order valence-electron chi connectivity index (χ1n) is 6.53. The molecule has 0 aliphatic carbocycles. The normalized spacial score (nSPS) is 19.9. The molecule has 0 spiro atoms. The average Bonchev–Trinajstić information content (AvgIpc) is 2.71. The highest BCUT2D eigenvalue weighted by Crippen LogP contribution is 2.20. The Kier molecular flexibility index (Phi) is 4.76. The SMILES string of the molecule is COC(=O)c1cccc(N2CCCNCC2CO)c1. The molecule has 1 aliphatic rings. The molecule has 2 rings (SSSR count). The summed E-state index contributed by atoms with van der Waals surface area (Å²) in [6.45, 7) is 2.65. The Balaban J connectivity index is 2.25. The number of benzene rings is 1. The molecule has 1 fully saturated rings. The van der Waals surface area contributed by atoms with E-state index < -0.39 is 0 Å². The third-order valence-corrected chi connectivity index (χ3v) is 3.38. The second-order valence-electron chi connectivity index (χ2n) is 4.63. The molecule has 5 nitrogen and oxygen atoms in total. The van der Waals surface area contributed by atoms with Crippen LogP contribution in [0.25, 0.3) is 0 Å². The lowest BCUT2D eigenvalue weighted by atomic mass is 10.1. The van der Waals surface area contributed by atoms with E-state index in [0.717, 1.165) is 31.7 Å². The number of nitrogens with one attached hydrogen (secondary N) is 1. The van der Waals surface area contributed by atoms with E-state index in [9.17, 15) is 9.90 Å². The number of hydrogen-bond acceptors (Lipinski definition) is 5. The van der Waals surface area contributed by atoms with E-state index in [2.05, 4.69) is 10.2 Å². The van der Waals surface area contributed by atoms with Crippen LogP contribution in [0.4, 0.5) is 5.69 Å². The Morgan fingerprint density at radius 3 is 3.16 bits per heavy atom. The Hall–Kier alpha value is -1.59. The van der Waals surface area contributed by atoms with Crippen LogP contribution in [0, 0.1) is 0 Å². The fourth-order valence-corrected chi connectivity index (χ4v) is 2.37. The first kappa shape index (κ1) is 13.8. The molecule has 1 atom stereocenters. The average molecular weight is 264 g/mol.